The Kier molecular flexibility index (Phi) is 2.88. The summed E-state index contributed by atoms with van der Waals surface area (Å²) in [5.74, 6) is 0. The van der Waals surface area contributed by atoms with Crippen molar-refractivity contribution in [1.82, 2.24) is 0 Å². The van der Waals surface area contributed by atoms with Crippen LogP contribution in [0.5, 0.6) is 0 Å². The zero-order chi connectivity index (χ0) is 10.7. The number of rotatable bonds is 2. The van der Waals surface area contributed by atoms with Gasteiger partial charge >= 0.3 is 0 Å². The SMILES string of the molecule is CNc1cc(C)cc(C#N)c1C(C)=N. The molecule has 2 N–H and O–H groups in total. The summed E-state index contributed by atoms with van der Waals surface area (Å²) in [6.07, 6.45) is 0. The van der Waals surface area contributed by atoms with E-state index in [1.54, 1.807) is 20.0 Å². The standard InChI is InChI=1S/C11H13N3/c1-7-4-9(6-12)11(8(2)13)10(5-7)14-3/h4-5,13-14H,1-3H3. The van der Waals surface area contributed by atoms with E-state index >= 15 is 0 Å². The second kappa shape index (κ2) is 3.93. The second-order valence-corrected chi connectivity index (χ2v) is 3.22. The monoisotopic (exact) mass is 187 g/mol. The van der Waals surface area contributed by atoms with Gasteiger partial charge in [0, 0.05) is 24.0 Å². The van der Waals surface area contributed by atoms with Gasteiger partial charge in [0.1, 0.15) is 0 Å². The summed E-state index contributed by atoms with van der Waals surface area (Å²) >= 11 is 0. The number of hydrogen-bond donors (Lipinski definition) is 2. The van der Waals surface area contributed by atoms with Gasteiger partial charge in [-0.25, -0.2) is 0 Å². The van der Waals surface area contributed by atoms with Crippen LogP contribution in [0.4, 0.5) is 5.69 Å². The molecule has 0 saturated carbocycles. The first-order valence-electron chi connectivity index (χ1n) is 4.38. The van der Waals surface area contributed by atoms with Crippen molar-refractivity contribution in [3.05, 3.63) is 28.8 Å². The van der Waals surface area contributed by atoms with Crippen LogP contribution >= 0.6 is 0 Å². The minimum absolute atomic E-state index is 0.408. The zero-order valence-corrected chi connectivity index (χ0v) is 8.60. The van der Waals surface area contributed by atoms with E-state index in [0.717, 1.165) is 11.3 Å². The van der Waals surface area contributed by atoms with Crippen molar-refractivity contribution in [2.75, 3.05) is 12.4 Å². The van der Waals surface area contributed by atoms with Crippen molar-refractivity contribution in [3.8, 4) is 6.07 Å². The van der Waals surface area contributed by atoms with Gasteiger partial charge in [-0.05, 0) is 31.5 Å². The highest BCUT2D eigenvalue weighted by atomic mass is 14.8. The number of aryl methyl sites for hydroxylation is 1. The summed E-state index contributed by atoms with van der Waals surface area (Å²) in [6.45, 7) is 3.62. The van der Waals surface area contributed by atoms with Crippen LogP contribution in [0.1, 0.15) is 23.6 Å². The minimum Gasteiger partial charge on any atom is -0.388 e. The van der Waals surface area contributed by atoms with Crippen LogP contribution in [0.15, 0.2) is 12.1 Å². The smallest absolute Gasteiger partial charge is 0.0999 e. The van der Waals surface area contributed by atoms with Gasteiger partial charge in [0.15, 0.2) is 0 Å². The molecular weight excluding hydrogens is 174 g/mol. The maximum absolute atomic E-state index is 8.94. The molecule has 0 heterocycles. The molecule has 1 rings (SSSR count). The molecule has 0 radical (unpaired) electrons. The molecule has 3 nitrogen and oxygen atoms in total. The molecule has 14 heavy (non-hydrogen) atoms. The van der Waals surface area contributed by atoms with Gasteiger partial charge in [0.25, 0.3) is 0 Å². The van der Waals surface area contributed by atoms with E-state index in [9.17, 15) is 0 Å². The van der Waals surface area contributed by atoms with Crippen LogP contribution in [0.2, 0.25) is 0 Å². The summed E-state index contributed by atoms with van der Waals surface area (Å²) in [4.78, 5) is 0. The summed E-state index contributed by atoms with van der Waals surface area (Å²) in [5, 5.41) is 19.5. The highest BCUT2D eigenvalue weighted by Gasteiger charge is 2.10. The fraction of sp³-hybridized carbons (Fsp3) is 0.273. The molecule has 0 saturated heterocycles. The predicted octanol–water partition coefficient (Wildman–Crippen LogP) is 2.30. The first-order chi connectivity index (χ1) is 6.60. The third-order valence-electron chi connectivity index (χ3n) is 2.05. The molecule has 1 aromatic carbocycles. The average Bonchev–Trinajstić information content (AvgIpc) is 2.15. The molecule has 0 aliphatic heterocycles. The lowest BCUT2D eigenvalue weighted by Crippen LogP contribution is -2.04. The number of nitrogens with zero attached hydrogens (tertiary/aromatic N) is 1. The quantitative estimate of drug-likeness (QED) is 0.698. The summed E-state index contributed by atoms with van der Waals surface area (Å²) in [5.41, 5.74) is 3.53. The van der Waals surface area contributed by atoms with Gasteiger partial charge < -0.3 is 10.7 Å². The highest BCUT2D eigenvalue weighted by Crippen LogP contribution is 2.22. The van der Waals surface area contributed by atoms with Gasteiger partial charge in [0.05, 0.1) is 11.6 Å². The number of anilines is 1. The van der Waals surface area contributed by atoms with Crippen LogP contribution in [0, 0.1) is 23.7 Å². The van der Waals surface area contributed by atoms with Gasteiger partial charge in [-0.2, -0.15) is 5.26 Å². The Morgan fingerprint density at radius 1 is 1.50 bits per heavy atom. The molecule has 0 unspecified atom stereocenters. The van der Waals surface area contributed by atoms with E-state index in [-0.39, 0.29) is 0 Å². The molecule has 1 aromatic rings. The molecular formula is C11H13N3. The molecule has 0 amide bonds. The van der Waals surface area contributed by atoms with Gasteiger partial charge in [-0.15, -0.1) is 0 Å². The van der Waals surface area contributed by atoms with Crippen LogP contribution in [0.3, 0.4) is 0 Å². The Bertz CT molecular complexity index is 413. The lowest BCUT2D eigenvalue weighted by molar-refractivity contribution is 1.35. The Labute approximate surface area is 83.9 Å². The molecule has 3 heteroatoms. The summed E-state index contributed by atoms with van der Waals surface area (Å²) < 4.78 is 0. The van der Waals surface area contributed by atoms with E-state index in [0.29, 0.717) is 16.8 Å². The van der Waals surface area contributed by atoms with Crippen LogP contribution in [-0.4, -0.2) is 12.8 Å². The zero-order valence-electron chi connectivity index (χ0n) is 8.60. The fourth-order valence-corrected chi connectivity index (χ4v) is 1.48. The molecule has 0 fully saturated rings. The maximum atomic E-state index is 8.94. The van der Waals surface area contributed by atoms with Crippen molar-refractivity contribution < 1.29 is 0 Å². The molecule has 72 valence electrons. The predicted molar refractivity (Wildman–Crippen MR) is 57.9 cm³/mol. The van der Waals surface area contributed by atoms with Crippen LogP contribution in [-0.2, 0) is 0 Å². The Balaban J connectivity index is 3.50. The Morgan fingerprint density at radius 3 is 2.57 bits per heavy atom. The van der Waals surface area contributed by atoms with Crippen molar-refractivity contribution >= 4 is 11.4 Å². The summed E-state index contributed by atoms with van der Waals surface area (Å²) in [7, 11) is 1.79. The lowest BCUT2D eigenvalue weighted by atomic mass is 9.99. The fourth-order valence-electron chi connectivity index (χ4n) is 1.48. The number of benzene rings is 1. The first-order valence-corrected chi connectivity index (χ1v) is 4.38. The topological polar surface area (TPSA) is 59.7 Å². The lowest BCUT2D eigenvalue weighted by Gasteiger charge is -2.10. The molecule has 0 atom stereocenters. The van der Waals surface area contributed by atoms with E-state index in [4.69, 9.17) is 10.7 Å². The molecule has 0 aliphatic rings. The molecule has 0 spiro atoms. The van der Waals surface area contributed by atoms with Crippen molar-refractivity contribution in [1.29, 1.82) is 10.7 Å². The number of nitriles is 1. The van der Waals surface area contributed by atoms with Gasteiger partial charge in [-0.3, -0.25) is 0 Å². The van der Waals surface area contributed by atoms with Crippen molar-refractivity contribution in [2.24, 2.45) is 0 Å². The molecule has 0 bridgehead atoms. The molecule has 0 aliphatic carbocycles. The normalized spacial score (nSPS) is 9.29. The summed E-state index contributed by atoms with van der Waals surface area (Å²) in [6, 6.07) is 5.85. The van der Waals surface area contributed by atoms with Crippen molar-refractivity contribution in [2.45, 2.75) is 13.8 Å². The number of hydrogen-bond acceptors (Lipinski definition) is 3. The third-order valence-corrected chi connectivity index (χ3v) is 2.05. The average molecular weight is 187 g/mol. The van der Waals surface area contributed by atoms with E-state index in [2.05, 4.69) is 11.4 Å². The largest absolute Gasteiger partial charge is 0.388 e. The van der Waals surface area contributed by atoms with E-state index < -0.39 is 0 Å². The highest BCUT2D eigenvalue weighted by molar-refractivity contribution is 6.03. The third kappa shape index (κ3) is 1.74. The van der Waals surface area contributed by atoms with Crippen LogP contribution in [0.25, 0.3) is 0 Å². The maximum Gasteiger partial charge on any atom is 0.0999 e. The first kappa shape index (κ1) is 10.3. The molecule has 0 aromatic heterocycles. The van der Waals surface area contributed by atoms with Gasteiger partial charge in [0.2, 0.25) is 0 Å². The van der Waals surface area contributed by atoms with Gasteiger partial charge in [-0.1, -0.05) is 0 Å². The van der Waals surface area contributed by atoms with Crippen LogP contribution < -0.4 is 5.32 Å². The second-order valence-electron chi connectivity index (χ2n) is 3.22. The Hall–Kier alpha value is -1.82. The number of nitrogens with one attached hydrogen (secondary N) is 2. The van der Waals surface area contributed by atoms with E-state index in [1.165, 1.54) is 0 Å². The minimum atomic E-state index is 0.408. The Morgan fingerprint density at radius 2 is 2.14 bits per heavy atom. The van der Waals surface area contributed by atoms with E-state index in [1.807, 2.05) is 13.0 Å². The van der Waals surface area contributed by atoms with Crippen molar-refractivity contribution in [3.63, 3.8) is 0 Å².